The molecule has 0 spiro atoms. The largest absolute Gasteiger partial charge is 0.355 e. The van der Waals surface area contributed by atoms with Crippen molar-refractivity contribution in [3.8, 4) is 16.7 Å². The minimum absolute atomic E-state index is 0.196. The Labute approximate surface area is 141 Å². The fourth-order valence-corrected chi connectivity index (χ4v) is 4.06. The molecule has 0 saturated heterocycles. The van der Waals surface area contributed by atoms with Gasteiger partial charge < -0.3 is 9.84 Å². The predicted molar refractivity (Wildman–Crippen MR) is 90.9 cm³/mol. The number of anilines is 1. The highest BCUT2D eigenvalue weighted by Crippen LogP contribution is 2.33. The van der Waals surface area contributed by atoms with E-state index >= 15 is 0 Å². The molecule has 1 N–H and O–H groups in total. The number of aryl methyl sites for hydroxylation is 1. The van der Waals surface area contributed by atoms with E-state index in [0.717, 1.165) is 21.7 Å². The monoisotopic (exact) mass is 343 g/mol. The summed E-state index contributed by atoms with van der Waals surface area (Å²) in [6, 6.07) is 7.58. The van der Waals surface area contributed by atoms with Crippen LogP contribution in [0.25, 0.3) is 10.6 Å². The number of thiophene rings is 2. The molecule has 0 aliphatic carbocycles. The molecule has 116 valence electrons. The topological polar surface area (TPSA) is 78.9 Å². The average molecular weight is 343 g/mol. The minimum Gasteiger partial charge on any atom is -0.355 e. The molecule has 0 aliphatic rings. The van der Waals surface area contributed by atoms with Crippen LogP contribution in [0.2, 0.25) is 0 Å². The number of carbonyl (C=O) groups is 1. The zero-order valence-corrected chi connectivity index (χ0v) is 14.2. The molecule has 0 aromatic carbocycles. The van der Waals surface area contributed by atoms with Crippen molar-refractivity contribution >= 4 is 33.6 Å². The van der Waals surface area contributed by atoms with Crippen LogP contribution in [0.4, 0.5) is 5.00 Å². The first kappa shape index (κ1) is 15.5. The SMILES string of the molecule is CCc1c(C)sc(NC(=O)c2cc(-c3cccs3)on2)c1C#N. The first-order valence-corrected chi connectivity index (χ1v) is 8.68. The maximum absolute atomic E-state index is 12.3. The number of amides is 1. The van der Waals surface area contributed by atoms with Crippen LogP contribution >= 0.6 is 22.7 Å². The maximum atomic E-state index is 12.3. The van der Waals surface area contributed by atoms with E-state index in [1.165, 1.54) is 22.7 Å². The Morgan fingerprint density at radius 1 is 1.52 bits per heavy atom. The number of nitriles is 1. The number of nitrogens with one attached hydrogen (secondary N) is 1. The summed E-state index contributed by atoms with van der Waals surface area (Å²) in [6.45, 7) is 3.94. The molecule has 0 aliphatic heterocycles. The Morgan fingerprint density at radius 2 is 2.35 bits per heavy atom. The van der Waals surface area contributed by atoms with E-state index in [1.807, 2.05) is 31.4 Å². The average Bonchev–Trinajstić information content (AvgIpc) is 3.26. The molecule has 0 fully saturated rings. The van der Waals surface area contributed by atoms with Crippen molar-refractivity contribution < 1.29 is 9.32 Å². The van der Waals surface area contributed by atoms with Crippen molar-refractivity contribution in [1.29, 1.82) is 5.26 Å². The van der Waals surface area contributed by atoms with Crippen molar-refractivity contribution in [2.75, 3.05) is 5.32 Å². The zero-order chi connectivity index (χ0) is 16.4. The van der Waals surface area contributed by atoms with Gasteiger partial charge in [0.25, 0.3) is 5.91 Å². The van der Waals surface area contributed by atoms with Gasteiger partial charge in [-0.1, -0.05) is 18.1 Å². The van der Waals surface area contributed by atoms with Gasteiger partial charge in [-0.05, 0) is 30.4 Å². The van der Waals surface area contributed by atoms with Crippen molar-refractivity contribution in [1.82, 2.24) is 5.16 Å². The second-order valence-corrected chi connectivity index (χ2v) is 6.99. The van der Waals surface area contributed by atoms with Crippen LogP contribution in [0.15, 0.2) is 28.1 Å². The maximum Gasteiger partial charge on any atom is 0.278 e. The van der Waals surface area contributed by atoms with Crippen LogP contribution in [-0.2, 0) is 6.42 Å². The molecule has 3 aromatic heterocycles. The van der Waals surface area contributed by atoms with E-state index in [4.69, 9.17) is 4.52 Å². The molecule has 0 bridgehead atoms. The van der Waals surface area contributed by atoms with E-state index < -0.39 is 0 Å². The third-order valence-electron chi connectivity index (χ3n) is 3.41. The van der Waals surface area contributed by atoms with Gasteiger partial charge >= 0.3 is 0 Å². The fourth-order valence-electron chi connectivity index (χ4n) is 2.30. The van der Waals surface area contributed by atoms with Crippen molar-refractivity contribution in [3.05, 3.63) is 45.3 Å². The number of aromatic nitrogens is 1. The predicted octanol–water partition coefficient (Wildman–Crippen LogP) is 4.46. The van der Waals surface area contributed by atoms with Crippen LogP contribution in [0.5, 0.6) is 0 Å². The summed E-state index contributed by atoms with van der Waals surface area (Å²) < 4.78 is 5.21. The van der Waals surface area contributed by atoms with Crippen LogP contribution in [-0.4, -0.2) is 11.1 Å². The van der Waals surface area contributed by atoms with E-state index in [2.05, 4.69) is 16.5 Å². The van der Waals surface area contributed by atoms with Gasteiger partial charge in [0.1, 0.15) is 11.1 Å². The van der Waals surface area contributed by atoms with Gasteiger partial charge in [0.05, 0.1) is 10.4 Å². The second-order valence-electron chi connectivity index (χ2n) is 4.81. The summed E-state index contributed by atoms with van der Waals surface area (Å²) in [6.07, 6.45) is 0.758. The number of nitrogens with zero attached hydrogens (tertiary/aromatic N) is 2. The number of hydrogen-bond donors (Lipinski definition) is 1. The molecule has 1 amide bonds. The Hall–Kier alpha value is -2.43. The lowest BCUT2D eigenvalue weighted by atomic mass is 10.1. The molecule has 0 unspecified atom stereocenters. The molecule has 0 atom stereocenters. The summed E-state index contributed by atoms with van der Waals surface area (Å²) in [5.41, 5.74) is 1.71. The molecule has 3 aromatic rings. The summed E-state index contributed by atoms with van der Waals surface area (Å²) in [5, 5.41) is 18.4. The van der Waals surface area contributed by atoms with Gasteiger partial charge in [0.15, 0.2) is 11.5 Å². The van der Waals surface area contributed by atoms with Gasteiger partial charge in [-0.2, -0.15) is 5.26 Å². The van der Waals surface area contributed by atoms with Crippen molar-refractivity contribution in [3.63, 3.8) is 0 Å². The number of carbonyl (C=O) groups excluding carboxylic acids is 1. The standard InChI is InChI=1S/C16H13N3O2S2/c1-3-10-9(2)23-16(11(10)8-17)18-15(20)12-7-13(21-19-12)14-5-4-6-22-14/h4-7H,3H2,1-2H3,(H,18,20). The Morgan fingerprint density at radius 3 is 3.00 bits per heavy atom. The lowest BCUT2D eigenvalue weighted by molar-refractivity contribution is 0.101. The van der Waals surface area contributed by atoms with Crippen molar-refractivity contribution in [2.45, 2.75) is 20.3 Å². The third-order valence-corrected chi connectivity index (χ3v) is 5.36. The second kappa shape index (κ2) is 6.36. The quantitative estimate of drug-likeness (QED) is 0.758. The lowest BCUT2D eigenvalue weighted by Gasteiger charge is -2.00. The first-order valence-electron chi connectivity index (χ1n) is 6.98. The Kier molecular flexibility index (Phi) is 4.28. The van der Waals surface area contributed by atoms with E-state index in [0.29, 0.717) is 16.3 Å². The molecule has 7 heteroatoms. The van der Waals surface area contributed by atoms with Crippen LogP contribution in [0.3, 0.4) is 0 Å². The van der Waals surface area contributed by atoms with Gasteiger partial charge in [0, 0.05) is 10.9 Å². The molecule has 0 radical (unpaired) electrons. The fraction of sp³-hybridized carbons (Fsp3) is 0.188. The lowest BCUT2D eigenvalue weighted by Crippen LogP contribution is -2.12. The van der Waals surface area contributed by atoms with Gasteiger partial charge in [0.2, 0.25) is 0 Å². The number of rotatable bonds is 4. The van der Waals surface area contributed by atoms with E-state index in [9.17, 15) is 10.1 Å². The summed E-state index contributed by atoms with van der Waals surface area (Å²) in [5.74, 6) is 0.180. The number of hydrogen-bond acceptors (Lipinski definition) is 6. The zero-order valence-electron chi connectivity index (χ0n) is 12.5. The smallest absolute Gasteiger partial charge is 0.278 e. The van der Waals surface area contributed by atoms with Gasteiger partial charge in [-0.3, -0.25) is 4.79 Å². The molecular weight excluding hydrogens is 330 g/mol. The Balaban J connectivity index is 1.84. The molecular formula is C16H13N3O2S2. The highest BCUT2D eigenvalue weighted by atomic mass is 32.1. The molecule has 23 heavy (non-hydrogen) atoms. The highest BCUT2D eigenvalue weighted by Gasteiger charge is 2.19. The normalized spacial score (nSPS) is 10.5. The summed E-state index contributed by atoms with van der Waals surface area (Å²) in [4.78, 5) is 14.3. The molecule has 3 heterocycles. The third kappa shape index (κ3) is 2.91. The first-order chi connectivity index (χ1) is 11.1. The van der Waals surface area contributed by atoms with Crippen LogP contribution < -0.4 is 5.32 Å². The highest BCUT2D eigenvalue weighted by molar-refractivity contribution is 7.16. The van der Waals surface area contributed by atoms with Crippen LogP contribution in [0, 0.1) is 18.3 Å². The molecule has 3 rings (SSSR count). The molecule has 0 saturated carbocycles. The van der Waals surface area contributed by atoms with Gasteiger partial charge in [-0.15, -0.1) is 22.7 Å². The van der Waals surface area contributed by atoms with E-state index in [-0.39, 0.29) is 11.6 Å². The molecule has 5 nitrogen and oxygen atoms in total. The minimum atomic E-state index is -0.378. The van der Waals surface area contributed by atoms with Gasteiger partial charge in [-0.25, -0.2) is 0 Å². The van der Waals surface area contributed by atoms with Crippen molar-refractivity contribution in [2.24, 2.45) is 0 Å². The van der Waals surface area contributed by atoms with Crippen LogP contribution in [0.1, 0.15) is 33.4 Å². The van der Waals surface area contributed by atoms with E-state index in [1.54, 1.807) is 6.07 Å². The Bertz CT molecular complexity index is 885. The summed E-state index contributed by atoms with van der Waals surface area (Å²) in [7, 11) is 0. The summed E-state index contributed by atoms with van der Waals surface area (Å²) >= 11 is 2.92.